The molecule has 0 fully saturated rings. The van der Waals surface area contributed by atoms with Crippen molar-refractivity contribution in [1.29, 1.82) is 0 Å². The first kappa shape index (κ1) is 12.7. The molecule has 0 aliphatic heterocycles. The van der Waals surface area contributed by atoms with Crippen LogP contribution in [0.15, 0.2) is 24.8 Å². The third-order valence-electron chi connectivity index (χ3n) is 3.01. The lowest BCUT2D eigenvalue weighted by Gasteiger charge is -2.11. The summed E-state index contributed by atoms with van der Waals surface area (Å²) in [6.45, 7) is 5.07. The molecule has 0 saturated heterocycles. The Morgan fingerprint density at radius 3 is 2.61 bits per heavy atom. The van der Waals surface area contributed by atoms with Crippen LogP contribution < -0.4 is 5.73 Å². The van der Waals surface area contributed by atoms with Crippen LogP contribution in [-0.4, -0.2) is 19.7 Å². The molecule has 18 heavy (non-hydrogen) atoms. The van der Waals surface area contributed by atoms with E-state index in [1.165, 1.54) is 12.0 Å². The van der Waals surface area contributed by atoms with Crippen molar-refractivity contribution < 1.29 is 0 Å². The van der Waals surface area contributed by atoms with E-state index in [4.69, 9.17) is 5.73 Å². The lowest BCUT2D eigenvalue weighted by atomic mass is 10.1. The van der Waals surface area contributed by atoms with Crippen LogP contribution >= 0.6 is 0 Å². The van der Waals surface area contributed by atoms with E-state index in [1.54, 1.807) is 12.4 Å². The number of hydrogen-bond donors (Lipinski definition) is 1. The van der Waals surface area contributed by atoms with Gasteiger partial charge in [0.15, 0.2) is 0 Å². The highest BCUT2D eigenvalue weighted by atomic mass is 15.3. The van der Waals surface area contributed by atoms with Gasteiger partial charge in [-0.1, -0.05) is 6.92 Å². The van der Waals surface area contributed by atoms with Crippen LogP contribution in [0.3, 0.4) is 0 Å². The Hall–Kier alpha value is -1.75. The number of nitrogens with zero attached hydrogens (tertiary/aromatic N) is 4. The van der Waals surface area contributed by atoms with Crippen molar-refractivity contribution in [3.05, 3.63) is 41.7 Å². The molecule has 2 N–H and O–H groups in total. The summed E-state index contributed by atoms with van der Waals surface area (Å²) in [6, 6.07) is 2.05. The molecule has 2 heterocycles. The largest absolute Gasteiger partial charge is 0.324 e. The molecule has 1 unspecified atom stereocenters. The van der Waals surface area contributed by atoms with E-state index >= 15 is 0 Å². The van der Waals surface area contributed by atoms with Gasteiger partial charge >= 0.3 is 0 Å². The fourth-order valence-corrected chi connectivity index (χ4v) is 1.97. The maximum Gasteiger partial charge on any atom is 0.115 e. The lowest BCUT2D eigenvalue weighted by molar-refractivity contribution is 0.584. The second-order valence-corrected chi connectivity index (χ2v) is 4.28. The number of aromatic nitrogens is 4. The summed E-state index contributed by atoms with van der Waals surface area (Å²) >= 11 is 0. The van der Waals surface area contributed by atoms with Gasteiger partial charge in [-0.3, -0.25) is 4.68 Å². The minimum Gasteiger partial charge on any atom is -0.324 e. The summed E-state index contributed by atoms with van der Waals surface area (Å²) in [5.41, 5.74) is 9.42. The Balaban J connectivity index is 2.16. The van der Waals surface area contributed by atoms with Gasteiger partial charge in [-0.05, 0) is 19.4 Å². The predicted molar refractivity (Wildman–Crippen MR) is 69.9 cm³/mol. The molecular weight excluding hydrogens is 226 g/mol. The molecule has 0 aliphatic carbocycles. The highest BCUT2D eigenvalue weighted by molar-refractivity contribution is 5.16. The monoisotopic (exact) mass is 245 g/mol. The van der Waals surface area contributed by atoms with Gasteiger partial charge in [0, 0.05) is 42.7 Å². The fourth-order valence-electron chi connectivity index (χ4n) is 1.97. The molecule has 1 atom stereocenters. The fraction of sp³-hybridized carbons (Fsp3) is 0.462. The second kappa shape index (κ2) is 5.73. The van der Waals surface area contributed by atoms with Gasteiger partial charge in [-0.25, -0.2) is 9.97 Å². The standard InChI is InChI=1S/C13H19N5/c1-3-11-5-12(18(4-2)17-11)6-13(14)10-7-15-9-16-8-10/h5,7-9,13H,3-4,6,14H2,1-2H3. The second-order valence-electron chi connectivity index (χ2n) is 4.28. The van der Waals surface area contributed by atoms with Gasteiger partial charge in [0.2, 0.25) is 0 Å². The SMILES string of the molecule is CCc1cc(CC(N)c2cncnc2)n(CC)n1. The minimum atomic E-state index is -0.0853. The van der Waals surface area contributed by atoms with Crippen molar-refractivity contribution in [2.45, 2.75) is 39.3 Å². The van der Waals surface area contributed by atoms with Gasteiger partial charge in [0.05, 0.1) is 5.69 Å². The Morgan fingerprint density at radius 1 is 1.28 bits per heavy atom. The molecular formula is C13H19N5. The van der Waals surface area contributed by atoms with Crippen LogP contribution in [0.4, 0.5) is 0 Å². The van der Waals surface area contributed by atoms with Crippen LogP contribution in [0, 0.1) is 0 Å². The zero-order chi connectivity index (χ0) is 13.0. The van der Waals surface area contributed by atoms with Crippen molar-refractivity contribution >= 4 is 0 Å². The number of hydrogen-bond acceptors (Lipinski definition) is 4. The normalized spacial score (nSPS) is 12.6. The summed E-state index contributed by atoms with van der Waals surface area (Å²) < 4.78 is 2.02. The van der Waals surface area contributed by atoms with Gasteiger partial charge in [0.25, 0.3) is 0 Å². The smallest absolute Gasteiger partial charge is 0.115 e. The summed E-state index contributed by atoms with van der Waals surface area (Å²) in [6.07, 6.45) is 6.76. The van der Waals surface area contributed by atoms with Crippen LogP contribution in [0.25, 0.3) is 0 Å². The molecule has 0 radical (unpaired) electrons. The van der Waals surface area contributed by atoms with Gasteiger partial charge < -0.3 is 5.73 Å². The van der Waals surface area contributed by atoms with Crippen LogP contribution in [0.2, 0.25) is 0 Å². The van der Waals surface area contributed by atoms with Gasteiger partial charge in [-0.2, -0.15) is 5.10 Å². The van der Waals surface area contributed by atoms with E-state index in [-0.39, 0.29) is 6.04 Å². The van der Waals surface area contributed by atoms with Crippen LogP contribution in [0.1, 0.15) is 36.8 Å². The van der Waals surface area contributed by atoms with Crippen LogP contribution in [-0.2, 0) is 19.4 Å². The van der Waals surface area contributed by atoms with Crippen molar-refractivity contribution in [2.24, 2.45) is 5.73 Å². The average Bonchev–Trinajstić information content (AvgIpc) is 2.82. The molecule has 0 amide bonds. The third-order valence-corrected chi connectivity index (χ3v) is 3.01. The summed E-state index contributed by atoms with van der Waals surface area (Å²) in [5.74, 6) is 0. The first-order chi connectivity index (χ1) is 8.74. The lowest BCUT2D eigenvalue weighted by Crippen LogP contribution is -2.16. The van der Waals surface area contributed by atoms with Crippen molar-refractivity contribution in [3.63, 3.8) is 0 Å². The molecule has 5 nitrogen and oxygen atoms in total. The van der Waals surface area contributed by atoms with Crippen molar-refractivity contribution in [3.8, 4) is 0 Å². The van der Waals surface area contributed by atoms with E-state index in [9.17, 15) is 0 Å². The summed E-state index contributed by atoms with van der Waals surface area (Å²) in [7, 11) is 0. The first-order valence-corrected chi connectivity index (χ1v) is 6.30. The number of aryl methyl sites for hydroxylation is 2. The average molecular weight is 245 g/mol. The van der Waals surface area contributed by atoms with E-state index in [2.05, 4.69) is 35.0 Å². The zero-order valence-electron chi connectivity index (χ0n) is 10.9. The third kappa shape index (κ3) is 2.73. The van der Waals surface area contributed by atoms with Crippen molar-refractivity contribution in [2.75, 3.05) is 0 Å². The molecule has 0 bridgehead atoms. The Morgan fingerprint density at radius 2 is 2.00 bits per heavy atom. The summed E-state index contributed by atoms with van der Waals surface area (Å²) in [4.78, 5) is 8.00. The zero-order valence-corrected chi connectivity index (χ0v) is 10.9. The molecule has 5 heteroatoms. The molecule has 2 aromatic heterocycles. The number of nitrogens with two attached hydrogens (primary N) is 1. The highest BCUT2D eigenvalue weighted by Gasteiger charge is 2.12. The molecule has 0 aliphatic rings. The molecule has 0 saturated carbocycles. The minimum absolute atomic E-state index is 0.0853. The van der Waals surface area contributed by atoms with E-state index in [0.717, 1.165) is 30.6 Å². The molecule has 0 spiro atoms. The van der Waals surface area contributed by atoms with Crippen LogP contribution in [0.5, 0.6) is 0 Å². The Kier molecular flexibility index (Phi) is 4.04. The van der Waals surface area contributed by atoms with Gasteiger partial charge in [0.1, 0.15) is 6.33 Å². The topological polar surface area (TPSA) is 69.6 Å². The Bertz CT molecular complexity index is 491. The predicted octanol–water partition coefficient (Wildman–Crippen LogP) is 1.50. The molecule has 2 rings (SSSR count). The molecule has 96 valence electrons. The van der Waals surface area contributed by atoms with E-state index in [0.29, 0.717) is 0 Å². The quantitative estimate of drug-likeness (QED) is 0.866. The summed E-state index contributed by atoms with van der Waals surface area (Å²) in [5, 5.41) is 4.52. The van der Waals surface area contributed by atoms with E-state index in [1.807, 2.05) is 4.68 Å². The molecule has 0 aromatic carbocycles. The van der Waals surface area contributed by atoms with Crippen molar-refractivity contribution in [1.82, 2.24) is 19.7 Å². The number of rotatable bonds is 5. The Labute approximate surface area is 107 Å². The van der Waals surface area contributed by atoms with E-state index < -0.39 is 0 Å². The van der Waals surface area contributed by atoms with Gasteiger partial charge in [-0.15, -0.1) is 0 Å². The first-order valence-electron chi connectivity index (χ1n) is 6.30. The molecule has 2 aromatic rings. The maximum absolute atomic E-state index is 6.18. The highest BCUT2D eigenvalue weighted by Crippen LogP contribution is 2.15. The maximum atomic E-state index is 6.18.